The van der Waals surface area contributed by atoms with Crippen molar-refractivity contribution in [3.05, 3.63) is 58.4 Å². The van der Waals surface area contributed by atoms with E-state index in [0.29, 0.717) is 23.0 Å². The molecule has 1 aliphatic heterocycles. The molecule has 0 N–H and O–H groups in total. The van der Waals surface area contributed by atoms with E-state index >= 15 is 0 Å². The summed E-state index contributed by atoms with van der Waals surface area (Å²) in [6, 6.07) is 7.52. The molecule has 0 unspecified atom stereocenters. The first-order valence-corrected chi connectivity index (χ1v) is 11.8. The van der Waals surface area contributed by atoms with Crippen LogP contribution in [0.3, 0.4) is 0 Å². The summed E-state index contributed by atoms with van der Waals surface area (Å²) in [4.78, 5) is 27.1. The van der Waals surface area contributed by atoms with Crippen LogP contribution in [-0.4, -0.2) is 61.6 Å². The van der Waals surface area contributed by atoms with Crippen molar-refractivity contribution >= 4 is 16.9 Å². The molecule has 0 saturated carbocycles. The first kappa shape index (κ1) is 21.6. The number of aromatic nitrogens is 5. The van der Waals surface area contributed by atoms with Gasteiger partial charge in [-0.15, -0.1) is 0 Å². The summed E-state index contributed by atoms with van der Waals surface area (Å²) in [5.74, 6) is 0.662. The van der Waals surface area contributed by atoms with Gasteiger partial charge in [0.05, 0.1) is 34.5 Å². The summed E-state index contributed by atoms with van der Waals surface area (Å²) in [5, 5.41) is 4.63. The molecule has 4 aromatic rings. The van der Waals surface area contributed by atoms with E-state index in [-0.39, 0.29) is 5.56 Å². The van der Waals surface area contributed by atoms with Crippen LogP contribution in [0.15, 0.2) is 41.5 Å². The topological polar surface area (TPSA) is 71.0 Å². The Morgan fingerprint density at radius 1 is 1.06 bits per heavy atom. The summed E-state index contributed by atoms with van der Waals surface area (Å²) in [5.41, 5.74) is 5.58. The normalized spacial score (nSPS) is 16.5. The molecule has 1 atom stereocenters. The number of anilines is 1. The molecule has 8 heteroatoms. The quantitative estimate of drug-likeness (QED) is 0.454. The van der Waals surface area contributed by atoms with Gasteiger partial charge >= 0.3 is 0 Å². The van der Waals surface area contributed by atoms with Gasteiger partial charge in [-0.05, 0) is 57.5 Å². The van der Waals surface area contributed by atoms with Gasteiger partial charge in [0.1, 0.15) is 11.3 Å². The summed E-state index contributed by atoms with van der Waals surface area (Å²) < 4.78 is 3.45. The Labute approximate surface area is 193 Å². The van der Waals surface area contributed by atoms with Crippen LogP contribution in [0.25, 0.3) is 22.6 Å². The van der Waals surface area contributed by atoms with Crippen LogP contribution in [0.4, 0.5) is 5.69 Å². The van der Waals surface area contributed by atoms with Crippen LogP contribution in [-0.2, 0) is 0 Å². The van der Waals surface area contributed by atoms with Gasteiger partial charge in [0.2, 0.25) is 0 Å². The van der Waals surface area contributed by atoms with Crippen LogP contribution in [0.2, 0.25) is 0 Å². The predicted molar refractivity (Wildman–Crippen MR) is 131 cm³/mol. The molecule has 1 saturated heterocycles. The number of pyridine rings is 1. The summed E-state index contributed by atoms with van der Waals surface area (Å²) in [6.07, 6.45) is 4.99. The van der Waals surface area contributed by atoms with Crippen LogP contribution in [0, 0.1) is 19.8 Å². The average Bonchev–Trinajstić information content (AvgIpc) is 3.44. The highest BCUT2D eigenvalue weighted by atomic mass is 16.1. The van der Waals surface area contributed by atoms with Crippen LogP contribution < -0.4 is 10.5 Å². The number of nitrogens with zero attached hydrogens (tertiary/aromatic N) is 7. The van der Waals surface area contributed by atoms with Gasteiger partial charge < -0.3 is 9.80 Å². The molecule has 33 heavy (non-hydrogen) atoms. The second-order valence-corrected chi connectivity index (χ2v) is 9.01. The maximum absolute atomic E-state index is 13.0. The lowest BCUT2D eigenvalue weighted by molar-refractivity contribution is 0.261. The van der Waals surface area contributed by atoms with Gasteiger partial charge in [0.15, 0.2) is 0 Å². The lowest BCUT2D eigenvalue weighted by atomic mass is 10.1. The fraction of sp³-hybridized carbons (Fsp3) is 0.440. The molecule has 172 valence electrons. The van der Waals surface area contributed by atoms with Gasteiger partial charge in [-0.2, -0.15) is 5.10 Å². The van der Waals surface area contributed by atoms with E-state index in [4.69, 9.17) is 4.98 Å². The Hall–Kier alpha value is -3.26. The molecule has 0 bridgehead atoms. The zero-order valence-corrected chi connectivity index (χ0v) is 19.8. The van der Waals surface area contributed by atoms with E-state index in [1.54, 1.807) is 10.5 Å². The second-order valence-electron chi connectivity index (χ2n) is 9.01. The fourth-order valence-corrected chi connectivity index (χ4v) is 4.89. The molecule has 0 amide bonds. The van der Waals surface area contributed by atoms with Crippen LogP contribution in [0.1, 0.15) is 31.7 Å². The smallest absolute Gasteiger partial charge is 0.258 e. The van der Waals surface area contributed by atoms with Crippen molar-refractivity contribution < 1.29 is 0 Å². The van der Waals surface area contributed by atoms with E-state index in [1.807, 2.05) is 42.9 Å². The molecule has 0 aliphatic carbocycles. The van der Waals surface area contributed by atoms with Crippen molar-refractivity contribution in [2.45, 2.75) is 34.1 Å². The summed E-state index contributed by atoms with van der Waals surface area (Å²) in [7, 11) is 0. The Morgan fingerprint density at radius 2 is 1.88 bits per heavy atom. The maximum Gasteiger partial charge on any atom is 0.258 e. The van der Waals surface area contributed by atoms with Crippen LogP contribution in [0.5, 0.6) is 0 Å². The molecule has 0 radical (unpaired) electrons. The first-order valence-electron chi connectivity index (χ1n) is 11.8. The molecular weight excluding hydrogens is 414 g/mol. The fourth-order valence-electron chi connectivity index (χ4n) is 4.89. The SMILES string of the molecule is CCN(CC)C[C@H]1CCN(c2ccc3nc(-c4cc5c(C)nc(C)cn5n4)cc(=O)n3c2)C1. The van der Waals surface area contributed by atoms with E-state index in [1.165, 1.54) is 6.42 Å². The molecule has 1 fully saturated rings. The van der Waals surface area contributed by atoms with Crippen LogP contribution >= 0.6 is 0 Å². The molecule has 5 rings (SSSR count). The molecule has 0 spiro atoms. The lowest BCUT2D eigenvalue weighted by Crippen LogP contribution is -2.31. The van der Waals surface area contributed by atoms with Gasteiger partial charge in [-0.1, -0.05) is 13.8 Å². The van der Waals surface area contributed by atoms with E-state index < -0.39 is 0 Å². The van der Waals surface area contributed by atoms with Crippen molar-refractivity contribution in [2.24, 2.45) is 5.92 Å². The summed E-state index contributed by atoms with van der Waals surface area (Å²) in [6.45, 7) is 13.7. The number of aryl methyl sites for hydroxylation is 2. The highest BCUT2D eigenvalue weighted by Gasteiger charge is 2.24. The van der Waals surface area contributed by atoms with Gasteiger partial charge in [-0.3, -0.25) is 14.2 Å². The third kappa shape index (κ3) is 4.11. The minimum absolute atomic E-state index is 0.0983. The minimum Gasteiger partial charge on any atom is -0.370 e. The number of hydrogen-bond donors (Lipinski definition) is 0. The number of hydrogen-bond acceptors (Lipinski definition) is 6. The first-order chi connectivity index (χ1) is 15.9. The zero-order valence-electron chi connectivity index (χ0n) is 19.8. The third-order valence-corrected chi connectivity index (χ3v) is 6.73. The molecule has 1 aliphatic rings. The van der Waals surface area contributed by atoms with Crippen molar-refractivity contribution in [1.82, 2.24) is 28.9 Å². The van der Waals surface area contributed by atoms with Gasteiger partial charge in [0, 0.05) is 31.9 Å². The largest absolute Gasteiger partial charge is 0.370 e. The van der Waals surface area contributed by atoms with Crippen molar-refractivity contribution in [3.63, 3.8) is 0 Å². The Bertz CT molecular complexity index is 1370. The maximum atomic E-state index is 13.0. The Morgan fingerprint density at radius 3 is 2.67 bits per heavy atom. The second kappa shape index (κ2) is 8.59. The highest BCUT2D eigenvalue weighted by molar-refractivity contribution is 5.66. The van der Waals surface area contributed by atoms with Gasteiger partial charge in [0.25, 0.3) is 5.56 Å². The monoisotopic (exact) mass is 445 g/mol. The lowest BCUT2D eigenvalue weighted by Gasteiger charge is -2.23. The molecule has 8 nitrogen and oxygen atoms in total. The Kier molecular flexibility index (Phi) is 5.62. The zero-order chi connectivity index (χ0) is 23.1. The molecular formula is C25H31N7O. The van der Waals surface area contributed by atoms with Crippen molar-refractivity contribution in [1.29, 1.82) is 0 Å². The highest BCUT2D eigenvalue weighted by Crippen LogP contribution is 2.25. The standard InChI is InChI=1S/C25H31N7O/c1-5-29(6-2)14-19-9-10-30(15-19)20-7-8-24-27-21(12-25(33)31(24)16-20)22-11-23-18(4)26-17(3)13-32(23)28-22/h7-8,11-13,16,19H,5-6,9-10,14-15H2,1-4H3/t19-/m1/s1. The van der Waals surface area contributed by atoms with E-state index in [9.17, 15) is 4.79 Å². The molecule has 4 aromatic heterocycles. The summed E-state index contributed by atoms with van der Waals surface area (Å²) >= 11 is 0. The van der Waals surface area contributed by atoms with E-state index in [2.05, 4.69) is 39.8 Å². The third-order valence-electron chi connectivity index (χ3n) is 6.73. The number of fused-ring (bicyclic) bond motifs is 2. The van der Waals surface area contributed by atoms with Crippen molar-refractivity contribution in [3.8, 4) is 11.4 Å². The number of rotatable bonds is 6. The predicted octanol–water partition coefficient (Wildman–Crippen LogP) is 3.19. The molecule has 5 heterocycles. The minimum atomic E-state index is -0.0983. The Balaban J connectivity index is 1.43. The average molecular weight is 446 g/mol. The van der Waals surface area contributed by atoms with Gasteiger partial charge in [-0.25, -0.2) is 9.50 Å². The van der Waals surface area contributed by atoms with Crippen molar-refractivity contribution in [2.75, 3.05) is 37.6 Å². The molecule has 0 aromatic carbocycles. The van der Waals surface area contributed by atoms with E-state index in [0.717, 1.165) is 55.3 Å².